The van der Waals surface area contributed by atoms with Crippen LogP contribution in [0.5, 0.6) is 0 Å². The van der Waals surface area contributed by atoms with Crippen LogP contribution < -0.4 is 10.6 Å². The van der Waals surface area contributed by atoms with E-state index in [0.717, 1.165) is 5.56 Å². The van der Waals surface area contributed by atoms with Gasteiger partial charge in [-0.15, -0.1) is 0 Å². The minimum Gasteiger partial charge on any atom is -0.323 e. The number of carbonyl (C=O) groups is 1. The molecule has 2 rings (SSSR count). The van der Waals surface area contributed by atoms with Crippen molar-refractivity contribution in [1.29, 1.82) is 0 Å². The van der Waals surface area contributed by atoms with Crippen LogP contribution >= 0.6 is 15.9 Å². The second-order valence-electron chi connectivity index (χ2n) is 6.06. The van der Waals surface area contributed by atoms with Crippen molar-refractivity contribution in [1.82, 2.24) is 5.32 Å². The summed E-state index contributed by atoms with van der Waals surface area (Å²) >= 11 is 3.27. The molecule has 0 fully saturated rings. The molecule has 0 aromatic heterocycles. The molecule has 0 bridgehead atoms. The van der Waals surface area contributed by atoms with E-state index in [1.807, 2.05) is 30.3 Å². The highest BCUT2D eigenvalue weighted by molar-refractivity contribution is 9.10. The molecule has 1 atom stereocenters. The Kier molecular flexibility index (Phi) is 6.66. The third-order valence-electron chi connectivity index (χ3n) is 3.55. The molecule has 6 nitrogen and oxygen atoms in total. The summed E-state index contributed by atoms with van der Waals surface area (Å²) in [7, 11) is 0. The third-order valence-corrected chi connectivity index (χ3v) is 4.20. The Labute approximate surface area is 154 Å². The predicted octanol–water partition coefficient (Wildman–Crippen LogP) is 4.28. The van der Waals surface area contributed by atoms with Crippen molar-refractivity contribution in [2.75, 3.05) is 11.9 Å². The molecule has 0 unspecified atom stereocenters. The molecule has 2 aromatic carbocycles. The van der Waals surface area contributed by atoms with E-state index in [1.54, 1.807) is 0 Å². The van der Waals surface area contributed by atoms with E-state index >= 15 is 0 Å². The van der Waals surface area contributed by atoms with Gasteiger partial charge in [-0.1, -0.05) is 44.2 Å². The maximum Gasteiger partial charge on any atom is 0.270 e. The Morgan fingerprint density at radius 2 is 1.88 bits per heavy atom. The number of anilines is 1. The summed E-state index contributed by atoms with van der Waals surface area (Å²) in [6.45, 7) is 4.83. The first-order valence-electron chi connectivity index (χ1n) is 7.91. The van der Waals surface area contributed by atoms with Gasteiger partial charge in [0.2, 0.25) is 5.91 Å². The van der Waals surface area contributed by atoms with Gasteiger partial charge in [0.15, 0.2) is 0 Å². The number of benzene rings is 2. The highest BCUT2D eigenvalue weighted by Gasteiger charge is 2.21. The van der Waals surface area contributed by atoms with Crippen molar-refractivity contribution >= 4 is 33.2 Å². The SMILES string of the molecule is CC(C)CN[C@@H](C(=O)Nc1ccc([N+](=O)[O-])cc1Br)c1ccccc1. The highest BCUT2D eigenvalue weighted by atomic mass is 79.9. The zero-order valence-electron chi connectivity index (χ0n) is 14.0. The number of nitro benzene ring substituents is 1. The van der Waals surface area contributed by atoms with Crippen LogP contribution in [0.1, 0.15) is 25.5 Å². The van der Waals surface area contributed by atoms with Gasteiger partial charge in [-0.05, 0) is 40.0 Å². The van der Waals surface area contributed by atoms with E-state index in [1.165, 1.54) is 18.2 Å². The van der Waals surface area contributed by atoms with Crippen LogP contribution in [-0.2, 0) is 4.79 Å². The Bertz CT molecular complexity index is 750. The van der Waals surface area contributed by atoms with Crippen molar-refractivity contribution in [3.05, 3.63) is 68.7 Å². The van der Waals surface area contributed by atoms with E-state index in [4.69, 9.17) is 0 Å². The number of nitrogens with one attached hydrogen (secondary N) is 2. The van der Waals surface area contributed by atoms with Crippen LogP contribution in [0.3, 0.4) is 0 Å². The molecule has 2 aromatic rings. The molecule has 132 valence electrons. The van der Waals surface area contributed by atoms with Gasteiger partial charge >= 0.3 is 0 Å². The second kappa shape index (κ2) is 8.73. The summed E-state index contributed by atoms with van der Waals surface area (Å²) in [5.74, 6) is 0.173. The lowest BCUT2D eigenvalue weighted by Gasteiger charge is -2.20. The first kappa shape index (κ1) is 19.1. The van der Waals surface area contributed by atoms with E-state index < -0.39 is 11.0 Å². The van der Waals surface area contributed by atoms with E-state index in [0.29, 0.717) is 22.6 Å². The Morgan fingerprint density at radius 3 is 2.44 bits per heavy atom. The molecule has 0 heterocycles. The first-order valence-corrected chi connectivity index (χ1v) is 8.71. The van der Waals surface area contributed by atoms with Gasteiger partial charge < -0.3 is 10.6 Å². The highest BCUT2D eigenvalue weighted by Crippen LogP contribution is 2.28. The summed E-state index contributed by atoms with van der Waals surface area (Å²) in [5.41, 5.74) is 1.31. The minimum absolute atomic E-state index is 0.0394. The zero-order chi connectivity index (χ0) is 18.4. The zero-order valence-corrected chi connectivity index (χ0v) is 15.6. The topological polar surface area (TPSA) is 84.3 Å². The molecule has 0 saturated heterocycles. The lowest BCUT2D eigenvalue weighted by atomic mass is 10.0. The molecule has 0 aliphatic carbocycles. The van der Waals surface area contributed by atoms with Crippen LogP contribution in [0.4, 0.5) is 11.4 Å². The van der Waals surface area contributed by atoms with Crippen molar-refractivity contribution in [2.24, 2.45) is 5.92 Å². The first-order chi connectivity index (χ1) is 11.9. The molecule has 2 N–H and O–H groups in total. The van der Waals surface area contributed by atoms with Crippen LogP contribution in [0.25, 0.3) is 0 Å². The van der Waals surface area contributed by atoms with Gasteiger partial charge in [-0.2, -0.15) is 0 Å². The molecule has 1 amide bonds. The summed E-state index contributed by atoms with van der Waals surface area (Å²) in [4.78, 5) is 23.1. The fourth-order valence-corrected chi connectivity index (χ4v) is 2.75. The number of rotatable bonds is 7. The average Bonchev–Trinajstić information content (AvgIpc) is 2.57. The van der Waals surface area contributed by atoms with Crippen molar-refractivity contribution in [2.45, 2.75) is 19.9 Å². The number of nitrogens with zero attached hydrogens (tertiary/aromatic N) is 1. The van der Waals surface area contributed by atoms with Gasteiger partial charge in [0, 0.05) is 16.6 Å². The van der Waals surface area contributed by atoms with Gasteiger partial charge in [-0.3, -0.25) is 14.9 Å². The van der Waals surface area contributed by atoms with Crippen molar-refractivity contribution in [3.8, 4) is 0 Å². The maximum atomic E-state index is 12.8. The number of hydrogen-bond donors (Lipinski definition) is 2. The molecule has 0 saturated carbocycles. The quantitative estimate of drug-likeness (QED) is 0.531. The van der Waals surface area contributed by atoms with Crippen LogP contribution in [0, 0.1) is 16.0 Å². The van der Waals surface area contributed by atoms with Crippen LogP contribution in [-0.4, -0.2) is 17.4 Å². The molecule has 25 heavy (non-hydrogen) atoms. The van der Waals surface area contributed by atoms with Gasteiger partial charge in [-0.25, -0.2) is 0 Å². The third kappa shape index (κ3) is 5.37. The molecule has 0 spiro atoms. The molecule has 0 radical (unpaired) electrons. The molecule has 0 aliphatic heterocycles. The lowest BCUT2D eigenvalue weighted by Crippen LogP contribution is -2.35. The summed E-state index contributed by atoms with van der Waals surface area (Å²) in [6, 6.07) is 13.2. The summed E-state index contributed by atoms with van der Waals surface area (Å²) < 4.78 is 0.464. The normalized spacial score (nSPS) is 12.0. The van der Waals surface area contributed by atoms with E-state index in [2.05, 4.69) is 40.4 Å². The monoisotopic (exact) mass is 405 g/mol. The second-order valence-corrected chi connectivity index (χ2v) is 6.91. The lowest BCUT2D eigenvalue weighted by molar-refractivity contribution is -0.384. The van der Waals surface area contributed by atoms with Gasteiger partial charge in [0.25, 0.3) is 5.69 Å². The Hall–Kier alpha value is -2.25. The van der Waals surface area contributed by atoms with Gasteiger partial charge in [0.1, 0.15) is 6.04 Å². The number of halogens is 1. The van der Waals surface area contributed by atoms with Crippen LogP contribution in [0.15, 0.2) is 53.0 Å². The summed E-state index contributed by atoms with van der Waals surface area (Å²) in [5, 5.41) is 16.9. The largest absolute Gasteiger partial charge is 0.323 e. The summed E-state index contributed by atoms with van der Waals surface area (Å²) in [6.07, 6.45) is 0. The number of nitro groups is 1. The number of amides is 1. The van der Waals surface area contributed by atoms with E-state index in [9.17, 15) is 14.9 Å². The number of hydrogen-bond acceptors (Lipinski definition) is 4. The fraction of sp³-hybridized carbons (Fsp3) is 0.278. The average molecular weight is 406 g/mol. The standard InChI is InChI=1S/C18H20BrN3O3/c1-12(2)11-20-17(13-6-4-3-5-7-13)18(23)21-16-9-8-14(22(24)25)10-15(16)19/h3-10,12,17,20H,11H2,1-2H3,(H,21,23)/t17-/m1/s1. The maximum absolute atomic E-state index is 12.8. The van der Waals surface area contributed by atoms with Gasteiger partial charge in [0.05, 0.1) is 10.6 Å². The smallest absolute Gasteiger partial charge is 0.270 e. The predicted molar refractivity (Wildman–Crippen MR) is 101 cm³/mol. The Morgan fingerprint density at radius 1 is 1.20 bits per heavy atom. The fourth-order valence-electron chi connectivity index (χ4n) is 2.28. The molecule has 7 heteroatoms. The van der Waals surface area contributed by atoms with Crippen molar-refractivity contribution < 1.29 is 9.72 Å². The number of non-ortho nitro benzene ring substituents is 1. The molecular formula is C18H20BrN3O3. The molecular weight excluding hydrogens is 386 g/mol. The van der Waals surface area contributed by atoms with Crippen molar-refractivity contribution in [3.63, 3.8) is 0 Å². The number of carbonyl (C=O) groups excluding carboxylic acids is 1. The van der Waals surface area contributed by atoms with Crippen LogP contribution in [0.2, 0.25) is 0 Å². The molecule has 0 aliphatic rings. The Balaban J connectivity index is 2.20. The van der Waals surface area contributed by atoms with E-state index in [-0.39, 0.29) is 11.6 Å². The minimum atomic E-state index is -0.509.